The molecule has 0 N–H and O–H groups in total. The van der Waals surface area contributed by atoms with Gasteiger partial charge in [-0.15, -0.1) is 0 Å². The number of fused-ring (bicyclic) bond motifs is 1. The van der Waals surface area contributed by atoms with Crippen LogP contribution in [0, 0.1) is 17.2 Å². The van der Waals surface area contributed by atoms with Crippen LogP contribution in [0.3, 0.4) is 0 Å². The Labute approximate surface area is 164 Å². The molecule has 142 valence electrons. The Balaban J connectivity index is 1.75. The van der Waals surface area contributed by atoms with Gasteiger partial charge >= 0.3 is 0 Å². The highest BCUT2D eigenvalue weighted by molar-refractivity contribution is 5.98. The second kappa shape index (κ2) is 7.23. The molecule has 4 rings (SSSR count). The lowest BCUT2D eigenvalue weighted by Crippen LogP contribution is -2.40. The Bertz CT molecular complexity index is 1070. The summed E-state index contributed by atoms with van der Waals surface area (Å²) in [7, 11) is 0. The van der Waals surface area contributed by atoms with Crippen molar-refractivity contribution in [2.24, 2.45) is 5.92 Å². The van der Waals surface area contributed by atoms with Gasteiger partial charge in [-0.05, 0) is 37.6 Å². The molecule has 2 heterocycles. The quantitative estimate of drug-likeness (QED) is 0.635. The number of nitrogens with zero attached hydrogens (tertiary/aromatic N) is 2. The van der Waals surface area contributed by atoms with E-state index in [9.17, 15) is 10.1 Å². The second-order valence-electron chi connectivity index (χ2n) is 7.67. The van der Waals surface area contributed by atoms with Gasteiger partial charge in [0.25, 0.3) is 0 Å². The summed E-state index contributed by atoms with van der Waals surface area (Å²) < 4.78 is 13.8. The second-order valence-corrected chi connectivity index (χ2v) is 7.67. The summed E-state index contributed by atoms with van der Waals surface area (Å²) in [6, 6.07) is 15.5. The number of benzene rings is 2. The van der Waals surface area contributed by atoms with Gasteiger partial charge in [-0.25, -0.2) is 0 Å². The van der Waals surface area contributed by atoms with E-state index in [1.54, 1.807) is 6.07 Å². The predicted molar refractivity (Wildman–Crippen MR) is 107 cm³/mol. The third-order valence-electron chi connectivity index (χ3n) is 5.13. The van der Waals surface area contributed by atoms with Crippen LogP contribution in [0.15, 0.2) is 48.7 Å². The summed E-state index contributed by atoms with van der Waals surface area (Å²) in [5.74, 6) is -0.315. The molecule has 1 fully saturated rings. The van der Waals surface area contributed by atoms with Crippen molar-refractivity contribution in [2.45, 2.75) is 26.2 Å². The normalized spacial score (nSPS) is 16.8. The van der Waals surface area contributed by atoms with Gasteiger partial charge in [0.2, 0.25) is 0 Å². The summed E-state index contributed by atoms with van der Waals surface area (Å²) in [5.41, 5.74) is 4.29. The highest BCUT2D eigenvalue weighted by Gasteiger charge is 2.28. The number of carbonyl (C=O) groups is 1. The lowest BCUT2D eigenvalue weighted by molar-refractivity contribution is -0.263. The predicted octanol–water partition coefficient (Wildman–Crippen LogP) is 4.39. The zero-order valence-electron chi connectivity index (χ0n) is 16.0. The smallest absolute Gasteiger partial charge is 0.162 e. The van der Waals surface area contributed by atoms with Crippen LogP contribution >= 0.6 is 0 Å². The Morgan fingerprint density at radius 1 is 1.21 bits per heavy atom. The van der Waals surface area contributed by atoms with Gasteiger partial charge in [0.05, 0.1) is 24.8 Å². The van der Waals surface area contributed by atoms with Crippen LogP contribution < -0.4 is 0 Å². The number of nitriles is 1. The fraction of sp³-hybridized carbons (Fsp3) is 0.304. The molecule has 0 radical (unpaired) electrons. The van der Waals surface area contributed by atoms with Crippen molar-refractivity contribution < 1.29 is 14.3 Å². The molecule has 1 aliphatic rings. The summed E-state index contributed by atoms with van der Waals surface area (Å²) in [4.78, 5) is 11.3. The lowest BCUT2D eigenvalue weighted by Gasteiger charge is -2.35. The molecule has 1 aromatic heterocycles. The van der Waals surface area contributed by atoms with Crippen molar-refractivity contribution in [1.82, 2.24) is 4.57 Å². The lowest BCUT2D eigenvalue weighted by atomic mass is 10.0. The number of ether oxygens (including phenoxy) is 2. The first-order chi connectivity index (χ1) is 13.5. The molecule has 28 heavy (non-hydrogen) atoms. The van der Waals surface area contributed by atoms with Crippen molar-refractivity contribution in [1.29, 1.82) is 5.26 Å². The monoisotopic (exact) mass is 374 g/mol. The zero-order chi connectivity index (χ0) is 19.7. The van der Waals surface area contributed by atoms with Crippen LogP contribution in [0.4, 0.5) is 0 Å². The average Bonchev–Trinajstić information content (AvgIpc) is 3.07. The maximum atomic E-state index is 11.3. The standard InChI is InChI=1S/C23H22N2O3/c1-23(2)27-14-18(15-28-23)11-25-12-21(19-5-3-4-16(8-19)10-24)20-7-6-17(13-26)9-22(20)25/h3-9,12-13,18H,11,14-15H2,1-2H3. The number of rotatable bonds is 4. The van der Waals surface area contributed by atoms with Crippen LogP contribution in [-0.4, -0.2) is 29.9 Å². The van der Waals surface area contributed by atoms with Gasteiger partial charge in [-0.2, -0.15) is 5.26 Å². The first-order valence-corrected chi connectivity index (χ1v) is 9.35. The molecule has 0 atom stereocenters. The largest absolute Gasteiger partial charge is 0.350 e. The van der Waals surface area contributed by atoms with Crippen molar-refractivity contribution >= 4 is 17.2 Å². The van der Waals surface area contributed by atoms with Gasteiger partial charge in [-0.1, -0.05) is 24.3 Å². The van der Waals surface area contributed by atoms with E-state index in [-0.39, 0.29) is 5.92 Å². The van der Waals surface area contributed by atoms with Gasteiger partial charge in [-0.3, -0.25) is 4.79 Å². The SMILES string of the molecule is CC1(C)OCC(Cn2cc(-c3cccc(C#N)c3)c3ccc(C=O)cc32)CO1. The van der Waals surface area contributed by atoms with E-state index < -0.39 is 5.79 Å². The van der Waals surface area contributed by atoms with Gasteiger partial charge in [0, 0.05) is 40.7 Å². The minimum atomic E-state index is -0.539. The number of carbonyl (C=O) groups excluding carboxylic acids is 1. The number of hydrogen-bond donors (Lipinski definition) is 0. The summed E-state index contributed by atoms with van der Waals surface area (Å²) in [5, 5.41) is 10.3. The maximum absolute atomic E-state index is 11.3. The molecule has 3 aromatic rings. The van der Waals surface area contributed by atoms with E-state index >= 15 is 0 Å². The van der Waals surface area contributed by atoms with Gasteiger partial charge in [0.15, 0.2) is 5.79 Å². The van der Waals surface area contributed by atoms with Crippen LogP contribution in [-0.2, 0) is 16.0 Å². The van der Waals surface area contributed by atoms with E-state index in [4.69, 9.17) is 9.47 Å². The first kappa shape index (κ1) is 18.4. The van der Waals surface area contributed by atoms with Crippen LogP contribution in [0.1, 0.15) is 29.8 Å². The molecule has 0 bridgehead atoms. The summed E-state index contributed by atoms with van der Waals surface area (Å²) >= 11 is 0. The van der Waals surface area contributed by atoms with Crippen molar-refractivity contribution in [3.8, 4) is 17.2 Å². The topological polar surface area (TPSA) is 64.2 Å². The molecule has 1 aliphatic heterocycles. The Morgan fingerprint density at radius 3 is 2.71 bits per heavy atom. The molecular formula is C23H22N2O3. The molecule has 0 spiro atoms. The molecule has 5 nitrogen and oxygen atoms in total. The highest BCUT2D eigenvalue weighted by atomic mass is 16.7. The molecule has 0 aliphatic carbocycles. The Morgan fingerprint density at radius 2 is 2.00 bits per heavy atom. The molecule has 0 amide bonds. The first-order valence-electron chi connectivity index (χ1n) is 9.35. The number of aromatic nitrogens is 1. The molecular weight excluding hydrogens is 352 g/mol. The van der Waals surface area contributed by atoms with E-state index in [0.29, 0.717) is 24.3 Å². The number of hydrogen-bond acceptors (Lipinski definition) is 4. The zero-order valence-corrected chi connectivity index (χ0v) is 16.0. The van der Waals surface area contributed by atoms with E-state index in [0.717, 1.165) is 34.9 Å². The van der Waals surface area contributed by atoms with Crippen molar-refractivity contribution in [3.05, 3.63) is 59.8 Å². The fourth-order valence-electron chi connectivity index (χ4n) is 3.63. The molecule has 1 saturated heterocycles. The third-order valence-corrected chi connectivity index (χ3v) is 5.13. The average molecular weight is 374 g/mol. The van der Waals surface area contributed by atoms with Crippen molar-refractivity contribution in [3.63, 3.8) is 0 Å². The van der Waals surface area contributed by atoms with Crippen molar-refractivity contribution in [2.75, 3.05) is 13.2 Å². The summed E-state index contributed by atoms with van der Waals surface area (Å²) in [6.07, 6.45) is 2.96. The Hall–Kier alpha value is -2.94. The minimum absolute atomic E-state index is 0.224. The van der Waals surface area contributed by atoms with Gasteiger partial charge < -0.3 is 14.0 Å². The van der Waals surface area contributed by atoms with E-state index in [1.165, 1.54) is 0 Å². The molecule has 5 heteroatoms. The molecule has 2 aromatic carbocycles. The van der Waals surface area contributed by atoms with Gasteiger partial charge in [0.1, 0.15) is 6.29 Å². The van der Waals surface area contributed by atoms with E-state index in [1.807, 2.05) is 50.2 Å². The van der Waals surface area contributed by atoms with E-state index in [2.05, 4.69) is 16.8 Å². The fourth-order valence-corrected chi connectivity index (χ4v) is 3.63. The van der Waals surface area contributed by atoms with Crippen LogP contribution in [0.2, 0.25) is 0 Å². The summed E-state index contributed by atoms with van der Waals surface area (Å²) in [6.45, 7) is 5.82. The minimum Gasteiger partial charge on any atom is -0.350 e. The van der Waals surface area contributed by atoms with Crippen LogP contribution in [0.5, 0.6) is 0 Å². The maximum Gasteiger partial charge on any atom is 0.162 e. The Kier molecular flexibility index (Phi) is 4.76. The highest BCUT2D eigenvalue weighted by Crippen LogP contribution is 2.33. The third kappa shape index (κ3) is 3.57. The van der Waals surface area contributed by atoms with Crippen LogP contribution in [0.25, 0.3) is 22.0 Å². The molecule has 0 unspecified atom stereocenters. The number of aldehydes is 1. The molecule has 0 saturated carbocycles.